The van der Waals surface area contributed by atoms with Crippen molar-refractivity contribution in [1.82, 2.24) is 56.6 Å². The molecule has 32 heteroatoms. The Morgan fingerprint density at radius 3 is 2.12 bits per heavy atom. The summed E-state index contributed by atoms with van der Waals surface area (Å²) in [4.78, 5) is 165. The van der Waals surface area contributed by atoms with Crippen molar-refractivity contribution in [3.8, 4) is 11.4 Å². The zero-order chi connectivity index (χ0) is 71.4. The largest absolute Gasteiger partial charge is 0.458 e. The number of carbonyl (C=O) groups excluding carboxylic acids is 11. The molecule has 10 amide bonds. The van der Waals surface area contributed by atoms with Gasteiger partial charge in [0.05, 0.1) is 55.3 Å². The number of likely N-dealkylation sites (N-methyl/N-ethyl adjacent to an activating group) is 1. The van der Waals surface area contributed by atoms with Crippen molar-refractivity contribution in [2.45, 2.75) is 152 Å². The quantitative estimate of drug-likeness (QED) is 0.00829. The number of nitrogens with one attached hydrogen (secondary N) is 7. The van der Waals surface area contributed by atoms with Crippen molar-refractivity contribution >= 4 is 75.9 Å². The molecule has 0 spiro atoms. The number of halogens is 1. The molecule has 2 aromatic heterocycles. The molecule has 3 aliphatic heterocycles. The molecule has 31 nitrogen and oxygen atoms in total. The Labute approximate surface area is 566 Å². The van der Waals surface area contributed by atoms with Crippen LogP contribution >= 0.6 is 0 Å². The van der Waals surface area contributed by atoms with Crippen molar-refractivity contribution in [2.75, 3.05) is 53.1 Å². The minimum atomic E-state index is -2.04. The number of hydrogen-bond donors (Lipinski definition) is 13. The monoisotopic (exact) mass is 1380 g/mol. The van der Waals surface area contributed by atoms with Crippen molar-refractivity contribution in [3.63, 3.8) is 0 Å². The number of fused-ring (bicyclic) bond motifs is 5. The predicted octanol–water partition coefficient (Wildman–Crippen LogP) is -2.88. The van der Waals surface area contributed by atoms with E-state index in [0.717, 1.165) is 34.8 Å². The normalized spacial score (nSPS) is 18.1. The van der Waals surface area contributed by atoms with E-state index in [1.165, 1.54) is 17.7 Å². The van der Waals surface area contributed by atoms with Crippen LogP contribution in [0.25, 0.3) is 22.3 Å². The van der Waals surface area contributed by atoms with Crippen molar-refractivity contribution in [1.29, 1.82) is 0 Å². The van der Waals surface area contributed by atoms with Crippen LogP contribution in [0.15, 0.2) is 65.5 Å². The number of unbranched alkanes of at least 4 members (excludes halogenated alkanes) is 2. The fraction of sp³-hybridized carbons (Fsp3) is 0.507. The number of aryl methyl sites for hydroxylation is 1. The van der Waals surface area contributed by atoms with Crippen LogP contribution in [-0.2, 0) is 93.9 Å². The Hall–Kier alpha value is -9.44. The summed E-state index contributed by atoms with van der Waals surface area (Å²) in [5.41, 5.74) is 0.655. The summed E-state index contributed by atoms with van der Waals surface area (Å²) in [7, 11) is 1.19. The molecule has 0 saturated heterocycles. The highest BCUT2D eigenvalue weighted by Gasteiger charge is 2.50. The van der Waals surface area contributed by atoms with Gasteiger partial charge >= 0.3 is 5.97 Å². The highest BCUT2D eigenvalue weighted by molar-refractivity contribution is 6.12. The van der Waals surface area contributed by atoms with E-state index < -0.39 is 171 Å². The van der Waals surface area contributed by atoms with Gasteiger partial charge in [-0.15, -0.1) is 0 Å². The Morgan fingerprint density at radius 2 is 1.42 bits per heavy atom. The molecule has 0 unspecified atom stereocenters. The summed E-state index contributed by atoms with van der Waals surface area (Å²) in [6, 6.07) is 10.3. The number of cyclic esters (lactones) is 1. The van der Waals surface area contributed by atoms with Gasteiger partial charge < -0.3 is 86.8 Å². The summed E-state index contributed by atoms with van der Waals surface area (Å²) in [6.45, 7) is -2.72. The number of aliphatic hydroxyl groups is 6. The van der Waals surface area contributed by atoms with Crippen LogP contribution < -0.4 is 42.8 Å². The number of benzene rings is 2. The minimum absolute atomic E-state index is 0.0102. The molecule has 2 aromatic carbocycles. The number of esters is 1. The molecule has 0 radical (unpaired) electrons. The van der Waals surface area contributed by atoms with Crippen LogP contribution in [0.5, 0.6) is 0 Å². The van der Waals surface area contributed by atoms with Gasteiger partial charge in [-0.2, -0.15) is 0 Å². The van der Waals surface area contributed by atoms with Gasteiger partial charge in [0.15, 0.2) is 5.60 Å². The average molecular weight is 1380 g/mol. The van der Waals surface area contributed by atoms with E-state index in [0.29, 0.717) is 64.7 Å². The molecule has 8 atom stereocenters. The zero-order valence-corrected chi connectivity index (χ0v) is 54.6. The van der Waals surface area contributed by atoms with E-state index in [4.69, 9.17) is 19.6 Å². The van der Waals surface area contributed by atoms with Gasteiger partial charge in [-0.1, -0.05) is 49.6 Å². The van der Waals surface area contributed by atoms with E-state index in [-0.39, 0.29) is 86.8 Å². The van der Waals surface area contributed by atoms with Gasteiger partial charge in [0, 0.05) is 80.7 Å². The molecule has 13 N–H and O–H groups in total. The van der Waals surface area contributed by atoms with Gasteiger partial charge in [-0.25, -0.2) is 14.2 Å². The number of aliphatic hydroxyl groups excluding tert-OH is 5. The van der Waals surface area contributed by atoms with Crippen LogP contribution in [0.3, 0.4) is 0 Å². The fourth-order valence-electron chi connectivity index (χ4n) is 12.1. The van der Waals surface area contributed by atoms with E-state index >= 15 is 4.39 Å². The molecule has 9 rings (SSSR count). The third-order valence-electron chi connectivity index (χ3n) is 18.0. The van der Waals surface area contributed by atoms with E-state index in [1.54, 1.807) is 49.4 Å². The van der Waals surface area contributed by atoms with Crippen molar-refractivity contribution < 1.29 is 97.2 Å². The molecule has 0 bridgehead atoms. The number of ether oxygens (including phenoxy) is 2. The molecular weight excluding hydrogens is 1300 g/mol. The van der Waals surface area contributed by atoms with Gasteiger partial charge in [-0.05, 0) is 86.1 Å². The maximum absolute atomic E-state index is 15.2. The van der Waals surface area contributed by atoms with E-state index in [1.807, 2.05) is 0 Å². The van der Waals surface area contributed by atoms with Crippen LogP contribution in [0.1, 0.15) is 104 Å². The van der Waals surface area contributed by atoms with Gasteiger partial charge in [0.1, 0.15) is 61.8 Å². The number of amides is 10. The lowest BCUT2D eigenvalue weighted by molar-refractivity contribution is -0.173. The molecule has 99 heavy (non-hydrogen) atoms. The first-order chi connectivity index (χ1) is 47.2. The first-order valence-corrected chi connectivity index (χ1v) is 32.7. The smallest absolute Gasteiger partial charge is 0.343 e. The van der Waals surface area contributed by atoms with Gasteiger partial charge in [-0.3, -0.25) is 57.6 Å². The van der Waals surface area contributed by atoms with Crippen LogP contribution in [0.2, 0.25) is 0 Å². The average Bonchev–Trinajstić information content (AvgIpc) is 1.59. The maximum atomic E-state index is 15.2. The lowest BCUT2D eigenvalue weighted by atomic mass is 9.84. The number of nitrogens with zero attached hydrogens (tertiary/aromatic N) is 4. The topological polar surface area (TPSA) is 453 Å². The summed E-state index contributed by atoms with van der Waals surface area (Å²) in [6.07, 6.45) is -3.35. The predicted molar refractivity (Wildman–Crippen MR) is 344 cm³/mol. The van der Waals surface area contributed by atoms with Crippen molar-refractivity contribution in [3.05, 3.63) is 110 Å². The molecule has 5 aliphatic rings. The van der Waals surface area contributed by atoms with Crippen LogP contribution in [0, 0.1) is 24.6 Å². The number of pyridine rings is 2. The summed E-state index contributed by atoms with van der Waals surface area (Å²) >= 11 is 0. The highest BCUT2D eigenvalue weighted by atomic mass is 19.1. The Bertz CT molecular complexity index is 3850. The highest BCUT2D eigenvalue weighted by Crippen LogP contribution is 2.46. The third kappa shape index (κ3) is 18.7. The number of aromatic nitrogens is 2. The molecule has 532 valence electrons. The Morgan fingerprint density at radius 1 is 0.758 bits per heavy atom. The summed E-state index contributed by atoms with van der Waals surface area (Å²) < 4.78 is 28.0. The third-order valence-corrected chi connectivity index (χ3v) is 18.0. The van der Waals surface area contributed by atoms with Gasteiger partial charge in [0.2, 0.25) is 47.3 Å². The molecule has 2 fully saturated rings. The van der Waals surface area contributed by atoms with Crippen LogP contribution in [-0.4, -0.2) is 211 Å². The molecule has 5 heterocycles. The second-order valence-electron chi connectivity index (χ2n) is 25.5. The number of carbonyl (C=O) groups is 11. The zero-order valence-electron chi connectivity index (χ0n) is 54.6. The lowest BCUT2D eigenvalue weighted by Gasteiger charge is -2.32. The fourth-order valence-corrected chi connectivity index (χ4v) is 12.1. The van der Waals surface area contributed by atoms with E-state index in [2.05, 4.69) is 37.2 Å². The molecule has 2 aliphatic carbocycles. The molecule has 4 aromatic rings. The Kier molecular flexibility index (Phi) is 24.6. The first-order valence-electron chi connectivity index (χ1n) is 32.7. The van der Waals surface area contributed by atoms with Crippen molar-refractivity contribution in [2.24, 2.45) is 11.8 Å². The Balaban J connectivity index is 0.741. The molecular formula is C67H82FN11O20. The number of imide groups is 1. The second kappa shape index (κ2) is 32.9. The van der Waals surface area contributed by atoms with Gasteiger partial charge in [0.25, 0.3) is 17.4 Å². The summed E-state index contributed by atoms with van der Waals surface area (Å²) in [5.74, 6) is -8.40. The summed E-state index contributed by atoms with van der Waals surface area (Å²) in [5, 5.41) is 79.8. The van der Waals surface area contributed by atoms with Crippen LogP contribution in [0.4, 0.5) is 4.39 Å². The van der Waals surface area contributed by atoms with E-state index in [9.17, 15) is 83.1 Å². The number of rotatable bonds is 36. The number of hydrogen-bond acceptors (Lipinski definition) is 21. The lowest BCUT2D eigenvalue weighted by Crippen LogP contribution is -2.53. The second-order valence-corrected chi connectivity index (χ2v) is 25.5. The minimum Gasteiger partial charge on any atom is -0.458 e. The maximum Gasteiger partial charge on any atom is 0.343 e. The standard InChI is InChI=1S/C67H82FN11O20/c1-35-21-39-40(41-30-79-48(58(41)76-46(39)24-44(35)68)23-43-42(64(79)94)33-98-66(96)67(43,97)25-37-12-13-37)26-71-63(93)61(38-14-15-38)99-34-73-54(86)28-72-62(92)47(22-36-9-5-3-6-10-36)75-55(87)29-70-53(85)27-69-51(83)17-16-45(65(95)77(2)31-49(81)59(90)60(91)50(82)32-80)74-52(84)11-7-4-8-20-78-56(88)18-19-57(78)89/h3,5-6,9-10,18-19,21,23-24,37-38,45,47,49-50,59-61,80-82,90-91,97H,4,7-8,11-17,20,22,25-34H2,1-2H3,(H,69,83)(H,70,85)(H,71,93)(H,72,92)(H,73,86)(H,74,84)(H,75,87)/t45-,47-,49-,50+,59+,60+,61-,67-/m0/s1. The molecule has 2 saturated carbocycles. The first kappa shape index (κ1) is 73.8. The SMILES string of the molecule is Cc1cc2c(CNC(=O)[C@@H](OCNC(=O)CNC(=O)[C@H](Cc3ccccc3)NC(=O)CNC(=O)CNC(=O)CC[C@H](NC(=O)CCCCCN3C(=O)C=CC3=O)C(=O)N(C)C[C@H](O)[C@@H](O)[C@H](O)[C@H](O)CO)C3CC3)c3c(nc2cc1F)-c1cc2c(c(=O)n1C3)COC(=O)[C@]2(O)CC1CC1.